The molecule has 0 aliphatic carbocycles. The molecule has 1 aromatic carbocycles. The molecule has 9 heteroatoms. The van der Waals surface area contributed by atoms with Gasteiger partial charge in [0.15, 0.2) is 5.96 Å². The summed E-state index contributed by atoms with van der Waals surface area (Å²) in [5.74, 6) is -0.641. The number of hydrogen-bond acceptors (Lipinski definition) is 5. The van der Waals surface area contributed by atoms with E-state index in [9.17, 15) is 9.18 Å². The summed E-state index contributed by atoms with van der Waals surface area (Å²) in [5, 5.41) is 14.8. The number of rotatable bonds is 4. The quantitative estimate of drug-likeness (QED) is 0.659. The molecule has 2 aliphatic heterocycles. The molecule has 0 spiro atoms. The van der Waals surface area contributed by atoms with Crippen molar-refractivity contribution in [2.45, 2.75) is 44.7 Å². The molecule has 0 unspecified atom stereocenters. The van der Waals surface area contributed by atoms with E-state index in [-0.39, 0.29) is 35.0 Å². The summed E-state index contributed by atoms with van der Waals surface area (Å²) in [6.07, 6.45) is 3.10. The number of aryl methyl sites for hydroxylation is 1. The summed E-state index contributed by atoms with van der Waals surface area (Å²) >= 11 is 6.62. The Bertz CT molecular complexity index is 990. The molecule has 0 saturated carbocycles. The van der Waals surface area contributed by atoms with Crippen LogP contribution in [0.25, 0.3) is 0 Å². The second-order valence-electron chi connectivity index (χ2n) is 8.19. The number of nitrogens with zero attached hydrogens (tertiary/aromatic N) is 2. The molecule has 2 aliphatic rings. The van der Waals surface area contributed by atoms with Crippen molar-refractivity contribution in [3.05, 3.63) is 52.6 Å². The Morgan fingerprint density at radius 3 is 2.71 bits per heavy atom. The minimum atomic E-state index is -0.942. The van der Waals surface area contributed by atoms with E-state index in [1.165, 1.54) is 11.0 Å². The van der Waals surface area contributed by atoms with Gasteiger partial charge in [-0.1, -0.05) is 17.7 Å². The summed E-state index contributed by atoms with van der Waals surface area (Å²) in [6.45, 7) is 4.82. The largest absolute Gasteiger partial charge is 0.381 e. The van der Waals surface area contributed by atoms with Crippen LogP contribution in [0, 0.1) is 18.2 Å². The Balaban J connectivity index is 1.62. The lowest BCUT2D eigenvalue weighted by Crippen LogP contribution is -2.62. The van der Waals surface area contributed by atoms with Crippen LogP contribution in [0.2, 0.25) is 5.02 Å². The highest BCUT2D eigenvalue weighted by molar-refractivity contribution is 6.34. The molecule has 4 rings (SSSR count). The van der Waals surface area contributed by atoms with Gasteiger partial charge in [-0.2, -0.15) is 0 Å². The van der Waals surface area contributed by atoms with Crippen LogP contribution in [-0.2, 0) is 15.1 Å². The molecule has 7 nitrogen and oxygen atoms in total. The number of hydrogen-bond donors (Lipinski definition) is 3. The summed E-state index contributed by atoms with van der Waals surface area (Å²) < 4.78 is 20.0. The van der Waals surface area contributed by atoms with E-state index >= 15 is 0 Å². The fourth-order valence-corrected chi connectivity index (χ4v) is 4.56. The zero-order valence-electron chi connectivity index (χ0n) is 17.5. The first-order valence-electron chi connectivity index (χ1n) is 10.2. The number of anilines is 2. The predicted octanol–water partition coefficient (Wildman–Crippen LogP) is 4.08. The van der Waals surface area contributed by atoms with E-state index in [4.69, 9.17) is 21.7 Å². The van der Waals surface area contributed by atoms with Gasteiger partial charge in [0.2, 0.25) is 5.91 Å². The molecular weight excluding hydrogens is 421 g/mol. The molecule has 0 radical (unpaired) electrons. The normalized spacial score (nSPS) is 22.4. The molecule has 1 aromatic heterocycles. The third-order valence-corrected chi connectivity index (χ3v) is 6.22. The average molecular weight is 446 g/mol. The lowest BCUT2D eigenvalue weighted by Gasteiger charge is -2.45. The third-order valence-electron chi connectivity index (χ3n) is 5.83. The van der Waals surface area contributed by atoms with Crippen molar-refractivity contribution in [2.24, 2.45) is 0 Å². The van der Waals surface area contributed by atoms with Gasteiger partial charge in [-0.25, -0.2) is 4.39 Å². The summed E-state index contributed by atoms with van der Waals surface area (Å²) in [7, 11) is 0. The Morgan fingerprint density at radius 2 is 2.06 bits per heavy atom. The van der Waals surface area contributed by atoms with Crippen LogP contribution < -0.4 is 10.6 Å². The molecule has 3 N–H and O–H groups in total. The molecule has 2 fully saturated rings. The molecule has 0 bridgehead atoms. The fourth-order valence-electron chi connectivity index (χ4n) is 4.15. The molecule has 1 amide bonds. The highest BCUT2D eigenvalue weighted by Crippen LogP contribution is 2.40. The predicted molar refractivity (Wildman–Crippen MR) is 117 cm³/mol. The topological polar surface area (TPSA) is 90.3 Å². The maximum absolute atomic E-state index is 14.6. The maximum Gasteiger partial charge on any atom is 0.232 e. The van der Waals surface area contributed by atoms with Crippen LogP contribution in [-0.4, -0.2) is 41.0 Å². The van der Waals surface area contributed by atoms with Crippen LogP contribution >= 0.6 is 11.6 Å². The number of benzene rings is 1. The summed E-state index contributed by atoms with van der Waals surface area (Å²) in [6, 6.07) is 6.43. The number of carbonyl (C=O) groups excluding carboxylic acids is 1. The van der Waals surface area contributed by atoms with Crippen molar-refractivity contribution >= 4 is 34.8 Å². The molecule has 1 atom stereocenters. The van der Waals surface area contributed by atoms with E-state index in [2.05, 4.69) is 15.6 Å². The van der Waals surface area contributed by atoms with E-state index in [0.29, 0.717) is 37.3 Å². The number of nitrogens with one attached hydrogen (secondary N) is 3. The first kappa shape index (κ1) is 21.5. The van der Waals surface area contributed by atoms with E-state index in [1.807, 2.05) is 13.0 Å². The van der Waals surface area contributed by atoms with Gasteiger partial charge in [0.1, 0.15) is 5.82 Å². The van der Waals surface area contributed by atoms with Gasteiger partial charge in [-0.05, 0) is 50.5 Å². The van der Waals surface area contributed by atoms with Crippen molar-refractivity contribution in [3.8, 4) is 0 Å². The Labute approximate surface area is 185 Å². The Kier molecular flexibility index (Phi) is 5.85. The van der Waals surface area contributed by atoms with Crippen LogP contribution in [0.1, 0.15) is 37.4 Å². The SMILES string of the molecule is Cc1ccc(Nc2c(F)ccc([C@]3(C)CC(=O)N(C4CCOCC4)C(=N)N3)c2Cl)cn1. The van der Waals surface area contributed by atoms with Gasteiger partial charge in [0.05, 0.1) is 34.6 Å². The average Bonchev–Trinajstić information content (AvgIpc) is 2.72. The molecular formula is C22H25ClFN5O2. The number of halogens is 2. The van der Waals surface area contributed by atoms with Gasteiger partial charge >= 0.3 is 0 Å². The number of amides is 1. The number of guanidine groups is 1. The summed E-state index contributed by atoms with van der Waals surface area (Å²) in [4.78, 5) is 18.8. The number of aromatic nitrogens is 1. The van der Waals surface area contributed by atoms with Crippen molar-refractivity contribution in [2.75, 3.05) is 18.5 Å². The minimum absolute atomic E-state index is 0.0308. The van der Waals surface area contributed by atoms with Gasteiger partial charge in [-0.15, -0.1) is 0 Å². The van der Waals surface area contributed by atoms with Crippen LogP contribution in [0.4, 0.5) is 15.8 Å². The van der Waals surface area contributed by atoms with Crippen molar-refractivity contribution < 1.29 is 13.9 Å². The second-order valence-corrected chi connectivity index (χ2v) is 8.56. The smallest absolute Gasteiger partial charge is 0.232 e. The first-order valence-corrected chi connectivity index (χ1v) is 10.6. The highest BCUT2D eigenvalue weighted by atomic mass is 35.5. The van der Waals surface area contributed by atoms with E-state index in [0.717, 1.165) is 5.69 Å². The number of carbonyl (C=O) groups is 1. The Morgan fingerprint density at radius 1 is 1.32 bits per heavy atom. The van der Waals surface area contributed by atoms with Gasteiger partial charge in [0.25, 0.3) is 0 Å². The van der Waals surface area contributed by atoms with Crippen LogP contribution in [0.5, 0.6) is 0 Å². The minimum Gasteiger partial charge on any atom is -0.381 e. The maximum atomic E-state index is 14.6. The highest BCUT2D eigenvalue weighted by Gasteiger charge is 2.43. The van der Waals surface area contributed by atoms with Crippen molar-refractivity contribution in [1.82, 2.24) is 15.2 Å². The number of ether oxygens (including phenoxy) is 1. The molecule has 2 saturated heterocycles. The molecule has 3 heterocycles. The fraction of sp³-hybridized carbons (Fsp3) is 0.409. The monoisotopic (exact) mass is 445 g/mol. The lowest BCUT2D eigenvalue weighted by molar-refractivity contribution is -0.133. The van der Waals surface area contributed by atoms with Gasteiger partial charge < -0.3 is 15.4 Å². The zero-order valence-corrected chi connectivity index (χ0v) is 18.2. The summed E-state index contributed by atoms with van der Waals surface area (Å²) in [5.41, 5.74) is 1.15. The zero-order chi connectivity index (χ0) is 22.2. The van der Waals surface area contributed by atoms with Gasteiger partial charge in [-0.3, -0.25) is 20.1 Å². The molecule has 2 aromatic rings. The van der Waals surface area contributed by atoms with Crippen molar-refractivity contribution in [1.29, 1.82) is 5.41 Å². The molecule has 164 valence electrons. The van der Waals surface area contributed by atoms with E-state index < -0.39 is 11.4 Å². The standard InChI is InChI=1S/C22H25ClFN5O2/c1-13-3-4-14(12-26-13)27-20-17(24)6-5-16(19(20)23)22(2)11-18(30)29(21(25)28-22)15-7-9-31-10-8-15/h3-6,12,15,27H,7-11H2,1-2H3,(H2,25,28)/t22-/m0/s1. The molecule has 31 heavy (non-hydrogen) atoms. The lowest BCUT2D eigenvalue weighted by atomic mass is 9.85. The number of pyridine rings is 1. The third kappa shape index (κ3) is 4.22. The first-order chi connectivity index (χ1) is 14.8. The van der Waals surface area contributed by atoms with E-state index in [1.54, 1.807) is 25.3 Å². The Hall–Kier alpha value is -2.71. The van der Waals surface area contributed by atoms with Crippen LogP contribution in [0.3, 0.4) is 0 Å². The van der Waals surface area contributed by atoms with Crippen LogP contribution in [0.15, 0.2) is 30.5 Å². The van der Waals surface area contributed by atoms with Gasteiger partial charge in [0, 0.05) is 24.9 Å². The second kappa shape index (κ2) is 8.43. The van der Waals surface area contributed by atoms with Crippen molar-refractivity contribution in [3.63, 3.8) is 0 Å².